The average Bonchev–Trinajstić information content (AvgIpc) is 3.14. The largest absolute Gasteiger partial charge is 0.491 e. The molecule has 0 aliphatic carbocycles. The zero-order chi connectivity index (χ0) is 18.4. The molecule has 0 bridgehead atoms. The van der Waals surface area contributed by atoms with Crippen LogP contribution in [-0.4, -0.2) is 44.2 Å². The number of hydrogen-bond acceptors (Lipinski definition) is 4. The number of benzene rings is 2. The number of nitrogens with one attached hydrogen (secondary N) is 1. The third kappa shape index (κ3) is 5.31. The van der Waals surface area contributed by atoms with E-state index < -0.39 is 0 Å². The molecule has 1 unspecified atom stereocenters. The SMILES string of the molecule is CN(C)Cc1cccc(C(=O)Nc2ccc(OCC3CCCO3)cc2)c1. The highest BCUT2D eigenvalue weighted by atomic mass is 16.5. The zero-order valence-electron chi connectivity index (χ0n) is 15.4. The number of nitrogens with zero attached hydrogens (tertiary/aromatic N) is 1. The molecule has 1 aliphatic rings. The van der Waals surface area contributed by atoms with E-state index in [-0.39, 0.29) is 12.0 Å². The Balaban J connectivity index is 1.55. The van der Waals surface area contributed by atoms with E-state index in [9.17, 15) is 4.79 Å². The number of carbonyl (C=O) groups is 1. The highest BCUT2D eigenvalue weighted by Gasteiger charge is 2.16. The number of ether oxygens (including phenoxy) is 2. The Hall–Kier alpha value is -2.37. The molecule has 1 atom stereocenters. The van der Waals surface area contributed by atoms with Crippen LogP contribution in [0.2, 0.25) is 0 Å². The summed E-state index contributed by atoms with van der Waals surface area (Å²) in [7, 11) is 4.02. The van der Waals surface area contributed by atoms with Crippen LogP contribution < -0.4 is 10.1 Å². The Bertz CT molecular complexity index is 722. The molecule has 2 aromatic carbocycles. The van der Waals surface area contributed by atoms with Crippen LogP contribution in [0.1, 0.15) is 28.8 Å². The van der Waals surface area contributed by atoms with Gasteiger partial charge in [-0.05, 0) is 68.9 Å². The first-order valence-corrected chi connectivity index (χ1v) is 8.99. The smallest absolute Gasteiger partial charge is 0.255 e. The second-order valence-electron chi connectivity index (χ2n) is 6.86. The maximum absolute atomic E-state index is 12.5. The minimum Gasteiger partial charge on any atom is -0.491 e. The number of hydrogen-bond donors (Lipinski definition) is 1. The lowest BCUT2D eigenvalue weighted by atomic mass is 10.1. The van der Waals surface area contributed by atoms with Crippen molar-refractivity contribution in [2.24, 2.45) is 0 Å². The van der Waals surface area contributed by atoms with E-state index in [1.807, 2.05) is 62.6 Å². The van der Waals surface area contributed by atoms with E-state index in [0.717, 1.165) is 43.0 Å². The van der Waals surface area contributed by atoms with Gasteiger partial charge in [0.05, 0.1) is 6.10 Å². The molecular formula is C21H26N2O3. The maximum Gasteiger partial charge on any atom is 0.255 e. The Morgan fingerprint density at radius 2 is 2.04 bits per heavy atom. The van der Waals surface area contributed by atoms with Gasteiger partial charge < -0.3 is 19.7 Å². The molecule has 1 fully saturated rings. The molecule has 0 saturated carbocycles. The van der Waals surface area contributed by atoms with Gasteiger partial charge in [0.1, 0.15) is 12.4 Å². The van der Waals surface area contributed by atoms with Crippen molar-refractivity contribution in [1.82, 2.24) is 4.90 Å². The maximum atomic E-state index is 12.5. The first kappa shape index (κ1) is 18.4. The normalized spacial score (nSPS) is 16.7. The molecule has 1 saturated heterocycles. The van der Waals surface area contributed by atoms with Crippen LogP contribution in [0.15, 0.2) is 48.5 Å². The molecule has 1 amide bonds. The van der Waals surface area contributed by atoms with Crippen molar-refractivity contribution in [2.75, 3.05) is 32.6 Å². The van der Waals surface area contributed by atoms with Gasteiger partial charge in [-0.3, -0.25) is 4.79 Å². The number of carbonyl (C=O) groups excluding carboxylic acids is 1. The predicted molar refractivity (Wildman–Crippen MR) is 103 cm³/mol. The van der Waals surface area contributed by atoms with Crippen molar-refractivity contribution in [3.8, 4) is 5.75 Å². The van der Waals surface area contributed by atoms with Gasteiger partial charge in [0, 0.05) is 24.4 Å². The molecule has 1 N–H and O–H groups in total. The van der Waals surface area contributed by atoms with E-state index in [4.69, 9.17) is 9.47 Å². The van der Waals surface area contributed by atoms with Crippen LogP contribution in [0.25, 0.3) is 0 Å². The van der Waals surface area contributed by atoms with E-state index in [2.05, 4.69) is 10.2 Å². The highest BCUT2D eigenvalue weighted by molar-refractivity contribution is 6.04. The molecule has 26 heavy (non-hydrogen) atoms. The van der Waals surface area contributed by atoms with Crippen molar-refractivity contribution in [1.29, 1.82) is 0 Å². The molecule has 2 aromatic rings. The van der Waals surface area contributed by atoms with Crippen LogP contribution in [0.4, 0.5) is 5.69 Å². The van der Waals surface area contributed by atoms with E-state index in [0.29, 0.717) is 12.2 Å². The van der Waals surface area contributed by atoms with Crippen LogP contribution >= 0.6 is 0 Å². The quantitative estimate of drug-likeness (QED) is 0.826. The van der Waals surface area contributed by atoms with Crippen LogP contribution in [0.3, 0.4) is 0 Å². The fraction of sp³-hybridized carbons (Fsp3) is 0.381. The topological polar surface area (TPSA) is 50.8 Å². The molecule has 1 heterocycles. The van der Waals surface area contributed by atoms with E-state index in [1.165, 1.54) is 0 Å². The third-order valence-electron chi connectivity index (χ3n) is 4.26. The summed E-state index contributed by atoms with van der Waals surface area (Å²) in [6.07, 6.45) is 2.36. The second-order valence-corrected chi connectivity index (χ2v) is 6.86. The summed E-state index contributed by atoms with van der Waals surface area (Å²) >= 11 is 0. The fourth-order valence-corrected chi connectivity index (χ4v) is 2.98. The number of rotatable bonds is 7. The lowest BCUT2D eigenvalue weighted by molar-refractivity contribution is 0.0679. The van der Waals surface area contributed by atoms with Gasteiger partial charge in [0.25, 0.3) is 5.91 Å². The molecule has 3 rings (SSSR count). The van der Waals surface area contributed by atoms with Crippen molar-refractivity contribution in [3.63, 3.8) is 0 Å². The molecule has 0 aromatic heterocycles. The molecular weight excluding hydrogens is 328 g/mol. The summed E-state index contributed by atoms with van der Waals surface area (Å²) in [5.41, 5.74) is 2.51. The molecule has 0 radical (unpaired) electrons. The summed E-state index contributed by atoms with van der Waals surface area (Å²) in [5.74, 6) is 0.671. The van der Waals surface area contributed by atoms with Gasteiger partial charge in [-0.1, -0.05) is 12.1 Å². The zero-order valence-corrected chi connectivity index (χ0v) is 15.4. The third-order valence-corrected chi connectivity index (χ3v) is 4.26. The number of amides is 1. The molecule has 5 nitrogen and oxygen atoms in total. The van der Waals surface area contributed by atoms with Crippen molar-refractivity contribution < 1.29 is 14.3 Å². The average molecular weight is 354 g/mol. The monoisotopic (exact) mass is 354 g/mol. The van der Waals surface area contributed by atoms with Crippen molar-refractivity contribution in [2.45, 2.75) is 25.5 Å². The minimum absolute atomic E-state index is 0.112. The van der Waals surface area contributed by atoms with Crippen LogP contribution in [0.5, 0.6) is 5.75 Å². The summed E-state index contributed by atoms with van der Waals surface area (Å²) in [5, 5.41) is 2.93. The van der Waals surface area contributed by atoms with Gasteiger partial charge in [-0.25, -0.2) is 0 Å². The number of anilines is 1. The summed E-state index contributed by atoms with van der Waals surface area (Å²) in [6, 6.07) is 15.1. The predicted octanol–water partition coefficient (Wildman–Crippen LogP) is 3.56. The van der Waals surface area contributed by atoms with Gasteiger partial charge in [0.2, 0.25) is 0 Å². The Morgan fingerprint density at radius 1 is 1.23 bits per heavy atom. The van der Waals surface area contributed by atoms with Gasteiger partial charge >= 0.3 is 0 Å². The lowest BCUT2D eigenvalue weighted by Gasteiger charge is -2.12. The fourth-order valence-electron chi connectivity index (χ4n) is 2.98. The van der Waals surface area contributed by atoms with E-state index in [1.54, 1.807) is 0 Å². The first-order valence-electron chi connectivity index (χ1n) is 8.99. The van der Waals surface area contributed by atoms with Gasteiger partial charge in [-0.2, -0.15) is 0 Å². The highest BCUT2D eigenvalue weighted by Crippen LogP contribution is 2.19. The standard InChI is InChI=1S/C21H26N2O3/c1-23(2)14-16-5-3-6-17(13-16)21(24)22-18-8-10-19(11-9-18)26-15-20-7-4-12-25-20/h3,5-6,8-11,13,20H,4,7,12,14-15H2,1-2H3,(H,22,24). The first-order chi connectivity index (χ1) is 12.6. The Kier molecular flexibility index (Phi) is 6.26. The Morgan fingerprint density at radius 3 is 2.73 bits per heavy atom. The van der Waals surface area contributed by atoms with Crippen LogP contribution in [-0.2, 0) is 11.3 Å². The minimum atomic E-state index is -0.112. The summed E-state index contributed by atoms with van der Waals surface area (Å²) < 4.78 is 11.3. The summed E-state index contributed by atoms with van der Waals surface area (Å²) in [4.78, 5) is 14.5. The molecule has 138 valence electrons. The van der Waals surface area contributed by atoms with E-state index >= 15 is 0 Å². The molecule has 0 spiro atoms. The Labute approximate surface area is 154 Å². The summed E-state index contributed by atoms with van der Waals surface area (Å²) in [6.45, 7) is 2.21. The second kappa shape index (κ2) is 8.83. The lowest BCUT2D eigenvalue weighted by Crippen LogP contribution is -2.16. The molecule has 5 heteroatoms. The molecule has 1 aliphatic heterocycles. The van der Waals surface area contributed by atoms with Crippen molar-refractivity contribution >= 4 is 11.6 Å². The van der Waals surface area contributed by atoms with Crippen molar-refractivity contribution in [3.05, 3.63) is 59.7 Å². The van der Waals surface area contributed by atoms with Gasteiger partial charge in [0.15, 0.2) is 0 Å². The van der Waals surface area contributed by atoms with Gasteiger partial charge in [-0.15, -0.1) is 0 Å². The van der Waals surface area contributed by atoms with Crippen LogP contribution in [0, 0.1) is 0 Å².